The average Bonchev–Trinajstić information content (AvgIpc) is 3.50. The molecule has 2 N–H and O–H groups in total. The lowest BCUT2D eigenvalue weighted by molar-refractivity contribution is -0.127. The summed E-state index contributed by atoms with van der Waals surface area (Å²) in [7, 11) is 4.64. The molecule has 0 aromatic heterocycles. The summed E-state index contributed by atoms with van der Waals surface area (Å²) in [5, 5.41) is 6.75. The zero-order valence-corrected chi connectivity index (χ0v) is 26.6. The van der Waals surface area contributed by atoms with E-state index in [1.165, 1.54) is 16.7 Å². The summed E-state index contributed by atoms with van der Waals surface area (Å²) in [4.78, 5) is 29.7. The highest BCUT2D eigenvalue weighted by atomic mass is 16.5. The van der Waals surface area contributed by atoms with Crippen LogP contribution in [0.15, 0.2) is 60.7 Å². The summed E-state index contributed by atoms with van der Waals surface area (Å²) in [5.41, 5.74) is 4.38. The second kappa shape index (κ2) is 13.3. The van der Waals surface area contributed by atoms with Crippen molar-refractivity contribution in [1.82, 2.24) is 15.5 Å². The molecule has 2 heterocycles. The van der Waals surface area contributed by atoms with E-state index in [9.17, 15) is 9.59 Å². The van der Waals surface area contributed by atoms with E-state index in [4.69, 9.17) is 14.2 Å². The number of benzene rings is 3. The monoisotopic (exact) mass is 599 g/mol. The number of amides is 2. The molecule has 0 spiro atoms. The van der Waals surface area contributed by atoms with Crippen molar-refractivity contribution >= 4 is 11.8 Å². The van der Waals surface area contributed by atoms with Gasteiger partial charge in [0.1, 0.15) is 0 Å². The largest absolute Gasteiger partial charge is 0.493 e. The molecule has 2 saturated heterocycles. The van der Waals surface area contributed by atoms with Gasteiger partial charge in [-0.3, -0.25) is 9.59 Å². The molecule has 0 bridgehead atoms. The van der Waals surface area contributed by atoms with Crippen LogP contribution >= 0.6 is 0 Å². The molecule has 0 radical (unpaired) electrons. The number of rotatable bonds is 10. The van der Waals surface area contributed by atoms with E-state index in [1.807, 2.05) is 23.1 Å². The van der Waals surface area contributed by atoms with Crippen LogP contribution in [0.4, 0.5) is 0 Å². The molecular weight excluding hydrogens is 554 g/mol. The van der Waals surface area contributed by atoms with Gasteiger partial charge < -0.3 is 29.7 Å². The van der Waals surface area contributed by atoms with Gasteiger partial charge in [-0.1, -0.05) is 48.5 Å². The number of hydrogen-bond acceptors (Lipinski definition) is 6. The number of carbonyl (C=O) groups excluding carboxylic acids is 2. The number of piperidine rings is 1. The van der Waals surface area contributed by atoms with E-state index in [0.717, 1.165) is 44.3 Å². The van der Waals surface area contributed by atoms with Crippen molar-refractivity contribution in [2.75, 3.05) is 54.1 Å². The Hall–Kier alpha value is -4.04. The minimum absolute atomic E-state index is 0.0864. The summed E-state index contributed by atoms with van der Waals surface area (Å²) in [5.74, 6) is 1.35. The molecule has 2 amide bonds. The number of carbonyl (C=O) groups is 2. The molecule has 3 aromatic carbocycles. The molecule has 8 heteroatoms. The predicted octanol–water partition coefficient (Wildman–Crippen LogP) is 4.94. The van der Waals surface area contributed by atoms with E-state index < -0.39 is 5.41 Å². The third kappa shape index (κ3) is 6.00. The third-order valence-corrected chi connectivity index (χ3v) is 9.78. The van der Waals surface area contributed by atoms with Crippen LogP contribution in [0, 0.1) is 13.8 Å². The first kappa shape index (κ1) is 31.4. The molecule has 2 aliphatic heterocycles. The molecule has 8 nitrogen and oxygen atoms in total. The smallest absolute Gasteiger partial charge is 0.254 e. The maximum absolute atomic E-state index is 13.9. The minimum atomic E-state index is -0.537. The molecule has 1 unspecified atom stereocenters. The van der Waals surface area contributed by atoms with Gasteiger partial charge in [0.05, 0.1) is 26.7 Å². The quantitative estimate of drug-likeness (QED) is 0.343. The SMILES string of the molecule is COc1cc(C(=O)N2CCC(CCNC(=O)C3(c4ccccc4)CCNCC3)(c3ccc(C)c(C)c3)C2)cc(OC)c1OC. The minimum Gasteiger partial charge on any atom is -0.493 e. The van der Waals surface area contributed by atoms with Crippen molar-refractivity contribution in [2.45, 2.75) is 50.4 Å². The first-order chi connectivity index (χ1) is 21.3. The first-order valence-electron chi connectivity index (χ1n) is 15.5. The number of aryl methyl sites for hydroxylation is 2. The molecule has 0 aliphatic carbocycles. The highest BCUT2D eigenvalue weighted by molar-refractivity contribution is 5.96. The number of methoxy groups -OCH3 is 3. The summed E-state index contributed by atoms with van der Waals surface area (Å²) < 4.78 is 16.5. The fourth-order valence-electron chi connectivity index (χ4n) is 6.93. The van der Waals surface area contributed by atoms with Gasteiger partial charge in [0.15, 0.2) is 11.5 Å². The van der Waals surface area contributed by atoms with Gasteiger partial charge in [-0.2, -0.15) is 0 Å². The van der Waals surface area contributed by atoms with Gasteiger partial charge in [0, 0.05) is 30.6 Å². The van der Waals surface area contributed by atoms with Crippen LogP contribution in [0.1, 0.15) is 58.3 Å². The van der Waals surface area contributed by atoms with Crippen LogP contribution < -0.4 is 24.8 Å². The van der Waals surface area contributed by atoms with Crippen LogP contribution in [0.25, 0.3) is 0 Å². The Kier molecular flexibility index (Phi) is 9.49. The Bertz CT molecular complexity index is 1460. The van der Waals surface area contributed by atoms with Gasteiger partial charge in [0.25, 0.3) is 5.91 Å². The normalized spacial score (nSPS) is 19.3. The summed E-state index contributed by atoms with van der Waals surface area (Å²) in [6.45, 7) is 7.55. The van der Waals surface area contributed by atoms with Gasteiger partial charge in [0.2, 0.25) is 11.7 Å². The number of ether oxygens (including phenoxy) is 3. The van der Waals surface area contributed by atoms with Gasteiger partial charge in [-0.05, 0) is 87.0 Å². The average molecular weight is 600 g/mol. The van der Waals surface area contributed by atoms with Crippen LogP contribution in [0.3, 0.4) is 0 Å². The summed E-state index contributed by atoms with van der Waals surface area (Å²) in [6, 6.07) is 20.2. The maximum Gasteiger partial charge on any atom is 0.254 e. The molecular formula is C36H45N3O5. The number of nitrogens with zero attached hydrogens (tertiary/aromatic N) is 1. The molecule has 2 fully saturated rings. The molecule has 5 rings (SSSR count). The molecule has 0 saturated carbocycles. The topological polar surface area (TPSA) is 89.1 Å². The summed E-state index contributed by atoms with van der Waals surface area (Å²) >= 11 is 0. The number of hydrogen-bond donors (Lipinski definition) is 2. The van der Waals surface area contributed by atoms with E-state index in [1.54, 1.807) is 33.5 Å². The van der Waals surface area contributed by atoms with Crippen molar-refractivity contribution < 1.29 is 23.8 Å². The van der Waals surface area contributed by atoms with Crippen LogP contribution in [-0.2, 0) is 15.6 Å². The fraction of sp³-hybridized carbons (Fsp3) is 0.444. The molecule has 2 aliphatic rings. The lowest BCUT2D eigenvalue weighted by atomic mass is 9.72. The van der Waals surface area contributed by atoms with Crippen molar-refractivity contribution in [1.29, 1.82) is 0 Å². The molecule has 234 valence electrons. The standard InChI is InChI=1S/C36H45N3O5/c1-25-11-12-29(21-26(25)2)35(13-19-38-34(41)36(14-17-37-18-15-36)28-9-7-6-8-10-28)16-20-39(24-35)33(40)27-22-30(42-3)32(44-5)31(23-27)43-4/h6-12,21-23,37H,13-20,24H2,1-5H3,(H,38,41). The summed E-state index contributed by atoms with van der Waals surface area (Å²) in [6.07, 6.45) is 3.06. The highest BCUT2D eigenvalue weighted by Gasteiger charge is 2.44. The number of nitrogens with one attached hydrogen (secondary N) is 2. The Morgan fingerprint density at radius 1 is 0.841 bits per heavy atom. The highest BCUT2D eigenvalue weighted by Crippen LogP contribution is 2.42. The molecule has 44 heavy (non-hydrogen) atoms. The number of likely N-dealkylation sites (tertiary alicyclic amines) is 1. The Morgan fingerprint density at radius 2 is 1.52 bits per heavy atom. The Balaban J connectivity index is 1.39. The third-order valence-electron chi connectivity index (χ3n) is 9.78. The zero-order chi connectivity index (χ0) is 31.3. The lowest BCUT2D eigenvalue weighted by Gasteiger charge is -2.37. The van der Waals surface area contributed by atoms with Crippen LogP contribution in [-0.4, -0.2) is 70.8 Å². The second-order valence-electron chi connectivity index (χ2n) is 12.2. The van der Waals surface area contributed by atoms with Crippen LogP contribution in [0.5, 0.6) is 17.2 Å². The zero-order valence-electron chi connectivity index (χ0n) is 26.6. The van der Waals surface area contributed by atoms with Gasteiger partial charge in [-0.15, -0.1) is 0 Å². The van der Waals surface area contributed by atoms with Crippen molar-refractivity contribution in [2.24, 2.45) is 0 Å². The van der Waals surface area contributed by atoms with Crippen LogP contribution in [0.2, 0.25) is 0 Å². The van der Waals surface area contributed by atoms with Crippen molar-refractivity contribution in [3.8, 4) is 17.2 Å². The predicted molar refractivity (Wildman–Crippen MR) is 172 cm³/mol. The van der Waals surface area contributed by atoms with E-state index in [0.29, 0.717) is 42.4 Å². The lowest BCUT2D eigenvalue weighted by Crippen LogP contribution is -2.51. The Labute approximate surface area is 261 Å². The van der Waals surface area contributed by atoms with E-state index in [-0.39, 0.29) is 17.2 Å². The maximum atomic E-state index is 13.9. The van der Waals surface area contributed by atoms with E-state index in [2.05, 4.69) is 54.8 Å². The molecule has 1 atom stereocenters. The van der Waals surface area contributed by atoms with Crippen molar-refractivity contribution in [3.63, 3.8) is 0 Å². The molecule has 3 aromatic rings. The van der Waals surface area contributed by atoms with E-state index >= 15 is 0 Å². The second-order valence-corrected chi connectivity index (χ2v) is 12.2. The van der Waals surface area contributed by atoms with Crippen molar-refractivity contribution in [3.05, 3.63) is 88.5 Å². The van der Waals surface area contributed by atoms with Gasteiger partial charge >= 0.3 is 0 Å². The Morgan fingerprint density at radius 3 is 2.14 bits per heavy atom. The fourth-order valence-corrected chi connectivity index (χ4v) is 6.93. The van der Waals surface area contributed by atoms with Gasteiger partial charge in [-0.25, -0.2) is 0 Å². The first-order valence-corrected chi connectivity index (χ1v) is 15.5.